The summed E-state index contributed by atoms with van der Waals surface area (Å²) in [5, 5.41) is 19.3. The van der Waals surface area contributed by atoms with Crippen LogP contribution in [0.5, 0.6) is 0 Å². The van der Waals surface area contributed by atoms with Gasteiger partial charge >= 0.3 is 5.97 Å². The number of nitrogens with one attached hydrogen (secondary N) is 4. The van der Waals surface area contributed by atoms with Crippen LogP contribution in [0.15, 0.2) is 12.5 Å². The minimum Gasteiger partial charge on any atom is -0.465 e. The van der Waals surface area contributed by atoms with E-state index in [1.807, 2.05) is 17.8 Å². The highest BCUT2D eigenvalue weighted by molar-refractivity contribution is 5.84. The first kappa shape index (κ1) is 36.4. The quantitative estimate of drug-likeness (QED) is 0.0858. The number of hydrogen-bond donors (Lipinski definition) is 5. The number of rotatable bonds is 20. The van der Waals surface area contributed by atoms with E-state index in [9.17, 15) is 9.59 Å². The molecule has 1 aliphatic carbocycles. The van der Waals surface area contributed by atoms with E-state index in [1.54, 1.807) is 11.2 Å². The second kappa shape index (κ2) is 19.3. The predicted octanol–water partition coefficient (Wildman–Crippen LogP) is 1.95. The fourth-order valence-electron chi connectivity index (χ4n) is 6.24. The largest absolute Gasteiger partial charge is 0.465 e. The number of imidazole rings is 1. The molecule has 2 aliphatic rings. The molecule has 0 radical (unpaired) electrons. The van der Waals surface area contributed by atoms with E-state index in [4.69, 9.17) is 15.5 Å². The van der Waals surface area contributed by atoms with Gasteiger partial charge in [0.2, 0.25) is 11.9 Å². The second-order valence-corrected chi connectivity index (χ2v) is 13.1. The van der Waals surface area contributed by atoms with Crippen molar-refractivity contribution in [2.24, 2.45) is 5.73 Å². The molecule has 3 aromatic rings. The van der Waals surface area contributed by atoms with Gasteiger partial charge in [0.15, 0.2) is 11.5 Å². The maximum atomic E-state index is 12.8. The number of H-pyrrole nitrogens is 1. The Labute approximate surface area is 288 Å². The van der Waals surface area contributed by atoms with Crippen LogP contribution < -0.4 is 26.6 Å². The Bertz CT molecular complexity index is 1430. The molecular formula is C33H55N13O3. The highest BCUT2D eigenvalue weighted by Gasteiger charge is 2.25. The number of nitrogens with zero attached hydrogens (tertiary/aromatic N) is 8. The van der Waals surface area contributed by atoms with Crippen molar-refractivity contribution in [3.63, 3.8) is 0 Å². The maximum absolute atomic E-state index is 12.8. The number of aromatic amines is 1. The average molecular weight is 682 g/mol. The summed E-state index contributed by atoms with van der Waals surface area (Å²) in [7, 11) is 0. The lowest BCUT2D eigenvalue weighted by Crippen LogP contribution is -2.49. The van der Waals surface area contributed by atoms with Crippen LogP contribution in [0.1, 0.15) is 83.2 Å². The highest BCUT2D eigenvalue weighted by Crippen LogP contribution is 2.22. The predicted molar refractivity (Wildman–Crippen MR) is 188 cm³/mol. The van der Waals surface area contributed by atoms with Gasteiger partial charge < -0.3 is 41.2 Å². The van der Waals surface area contributed by atoms with Crippen molar-refractivity contribution in [1.82, 2.24) is 50.5 Å². The van der Waals surface area contributed by atoms with E-state index in [0.717, 1.165) is 63.6 Å². The van der Waals surface area contributed by atoms with Gasteiger partial charge in [-0.25, -0.2) is 4.98 Å². The first-order chi connectivity index (χ1) is 24.0. The van der Waals surface area contributed by atoms with Crippen LogP contribution >= 0.6 is 0 Å². The lowest BCUT2D eigenvalue weighted by molar-refractivity contribution is -0.145. The van der Waals surface area contributed by atoms with Gasteiger partial charge in [-0.2, -0.15) is 9.97 Å². The number of fused-ring (bicyclic) bond motifs is 1. The van der Waals surface area contributed by atoms with Gasteiger partial charge in [0.1, 0.15) is 17.3 Å². The van der Waals surface area contributed by atoms with Gasteiger partial charge in [-0.3, -0.25) is 14.3 Å². The topological polar surface area (TPSA) is 197 Å². The normalized spacial score (nSPS) is 16.3. The van der Waals surface area contributed by atoms with Gasteiger partial charge in [-0.05, 0) is 58.2 Å². The van der Waals surface area contributed by atoms with Crippen LogP contribution in [0.3, 0.4) is 0 Å². The summed E-state index contributed by atoms with van der Waals surface area (Å²) in [6, 6.07) is -0.0633. The van der Waals surface area contributed by atoms with Crippen molar-refractivity contribution in [1.29, 1.82) is 0 Å². The smallest absolute Gasteiger partial charge is 0.322 e. The molecule has 1 saturated carbocycles. The molecule has 49 heavy (non-hydrogen) atoms. The van der Waals surface area contributed by atoms with Gasteiger partial charge in [0, 0.05) is 45.2 Å². The summed E-state index contributed by atoms with van der Waals surface area (Å²) in [6.07, 6.45) is 14.7. The van der Waals surface area contributed by atoms with Crippen LogP contribution in [0.4, 0.5) is 11.8 Å². The number of hydrogen-bond acceptors (Lipinski definition) is 13. The molecular weight excluding hydrogens is 626 g/mol. The third-order valence-corrected chi connectivity index (χ3v) is 9.23. The number of carbonyl (C=O) groups is 2. The van der Waals surface area contributed by atoms with Crippen molar-refractivity contribution in [2.75, 3.05) is 62.6 Å². The fraction of sp³-hybridized carbons (Fsp3) is 0.727. The molecule has 0 spiro atoms. The number of esters is 1. The SMILES string of the molecule is CCCCOC(=O)[C@@H](N)CCC(=O)N1CCN(c2nc(NCc3cn(CCCNCCCNC4CCCCC4)nn3)c3nc[nH]c3n2)CC1. The molecule has 1 amide bonds. The van der Waals surface area contributed by atoms with Crippen molar-refractivity contribution in [3.05, 3.63) is 18.2 Å². The van der Waals surface area contributed by atoms with Crippen LogP contribution in [0.2, 0.25) is 0 Å². The maximum Gasteiger partial charge on any atom is 0.322 e. The Morgan fingerprint density at radius 3 is 2.69 bits per heavy atom. The second-order valence-electron chi connectivity index (χ2n) is 13.1. The Morgan fingerprint density at radius 1 is 1.06 bits per heavy atom. The van der Waals surface area contributed by atoms with Crippen molar-refractivity contribution in [3.8, 4) is 0 Å². The molecule has 0 bridgehead atoms. The summed E-state index contributed by atoms with van der Waals surface area (Å²) in [4.78, 5) is 45.7. The first-order valence-electron chi connectivity index (χ1n) is 18.2. The molecule has 1 aliphatic heterocycles. The monoisotopic (exact) mass is 681 g/mol. The van der Waals surface area contributed by atoms with Crippen molar-refractivity contribution < 1.29 is 14.3 Å². The average Bonchev–Trinajstić information content (AvgIpc) is 3.81. The lowest BCUT2D eigenvalue weighted by Gasteiger charge is -2.35. The molecule has 1 atom stereocenters. The minimum atomic E-state index is -0.789. The first-order valence-corrected chi connectivity index (χ1v) is 18.2. The van der Waals surface area contributed by atoms with Gasteiger partial charge in [0.25, 0.3) is 0 Å². The Hall–Kier alpha value is -3.89. The third kappa shape index (κ3) is 11.3. The third-order valence-electron chi connectivity index (χ3n) is 9.23. The van der Waals surface area contributed by atoms with Gasteiger partial charge in [0.05, 0.1) is 25.7 Å². The molecule has 16 heteroatoms. The number of nitrogens with two attached hydrogens (primary N) is 1. The zero-order valence-corrected chi connectivity index (χ0v) is 29.0. The van der Waals surface area contributed by atoms with E-state index >= 15 is 0 Å². The summed E-state index contributed by atoms with van der Waals surface area (Å²) >= 11 is 0. The van der Waals surface area contributed by atoms with Crippen LogP contribution in [0, 0.1) is 0 Å². The number of ether oxygens (including phenoxy) is 1. The van der Waals surface area contributed by atoms with E-state index < -0.39 is 12.0 Å². The standard InChI is InChI=1S/C33H55N13O3/c1-2-3-21-49-32(48)27(34)11-12-28(47)44-17-19-45(20-18-44)33-40-30(29-31(41-33)39-24-38-29)37-22-26-23-46(43-42-26)16-8-14-35-13-7-15-36-25-9-5-4-6-10-25/h23-25,27,35-36H,2-22,34H2,1H3,(H2,37,38,39,40,41)/t27-/m0/s1. The minimum absolute atomic E-state index is 0.0225. The van der Waals surface area contributed by atoms with E-state index in [0.29, 0.717) is 62.3 Å². The molecule has 2 fully saturated rings. The zero-order chi connectivity index (χ0) is 34.3. The fourth-order valence-corrected chi connectivity index (χ4v) is 6.24. The summed E-state index contributed by atoms with van der Waals surface area (Å²) in [6.45, 7) is 8.91. The molecule has 0 unspecified atom stereocenters. The van der Waals surface area contributed by atoms with E-state index in [1.165, 1.54) is 32.1 Å². The number of aryl methyl sites for hydroxylation is 1. The van der Waals surface area contributed by atoms with E-state index in [2.05, 4.69) is 46.1 Å². The van der Waals surface area contributed by atoms with Gasteiger partial charge in [-0.15, -0.1) is 5.10 Å². The Balaban J connectivity index is 1.02. The molecule has 3 aromatic heterocycles. The Morgan fingerprint density at radius 2 is 1.88 bits per heavy atom. The van der Waals surface area contributed by atoms with Crippen molar-refractivity contribution >= 4 is 34.8 Å². The number of piperazine rings is 1. The van der Waals surface area contributed by atoms with Crippen LogP contribution in [-0.4, -0.2) is 116 Å². The molecule has 6 N–H and O–H groups in total. The molecule has 16 nitrogen and oxygen atoms in total. The summed E-state index contributed by atoms with van der Waals surface area (Å²) in [5.74, 6) is 0.698. The van der Waals surface area contributed by atoms with Crippen LogP contribution in [-0.2, 0) is 27.4 Å². The van der Waals surface area contributed by atoms with Crippen LogP contribution in [0.25, 0.3) is 11.2 Å². The molecule has 270 valence electrons. The van der Waals surface area contributed by atoms with E-state index in [-0.39, 0.29) is 18.7 Å². The Kier molecular flexibility index (Phi) is 14.4. The lowest BCUT2D eigenvalue weighted by atomic mass is 9.95. The number of aromatic nitrogens is 7. The molecule has 4 heterocycles. The zero-order valence-electron chi connectivity index (χ0n) is 29.0. The molecule has 5 rings (SSSR count). The van der Waals surface area contributed by atoms with Crippen molar-refractivity contribution in [2.45, 2.75) is 103 Å². The number of amides is 1. The summed E-state index contributed by atoms with van der Waals surface area (Å²) < 4.78 is 7.06. The summed E-state index contributed by atoms with van der Waals surface area (Å²) in [5.41, 5.74) is 8.04. The number of carbonyl (C=O) groups excluding carboxylic acids is 2. The highest BCUT2D eigenvalue weighted by atomic mass is 16.5. The number of anilines is 2. The number of unbranched alkanes of at least 4 members (excludes halogenated alkanes) is 1. The van der Waals surface area contributed by atoms with Gasteiger partial charge in [-0.1, -0.05) is 37.8 Å². The molecule has 1 saturated heterocycles. The molecule has 0 aromatic carbocycles.